The van der Waals surface area contributed by atoms with Crippen LogP contribution in [0, 0.1) is 46.3 Å². The van der Waals surface area contributed by atoms with Crippen LogP contribution in [0.25, 0.3) is 0 Å². The third-order valence-corrected chi connectivity index (χ3v) is 9.65. The average Bonchev–Trinajstić information content (AvgIpc) is 2.98. The molecule has 4 rings (SSSR count). The highest BCUT2D eigenvalue weighted by atomic mass is 32.1. The molecule has 4 aliphatic rings. The van der Waals surface area contributed by atoms with Crippen LogP contribution in [0.5, 0.6) is 0 Å². The van der Waals surface area contributed by atoms with E-state index in [4.69, 9.17) is 12.6 Å². The van der Waals surface area contributed by atoms with E-state index in [1.165, 1.54) is 44.9 Å². The molecule has 4 saturated carbocycles. The molecule has 0 nitrogen and oxygen atoms in total. The molecule has 1 heteroatoms. The van der Waals surface area contributed by atoms with Crippen molar-refractivity contribution >= 4 is 12.6 Å². The lowest BCUT2D eigenvalue weighted by Crippen LogP contribution is -2.50. The lowest BCUT2D eigenvalue weighted by atomic mass is 9.51. The first-order chi connectivity index (χ1) is 10.9. The molecule has 0 N–H and O–H groups in total. The number of hydrogen-bond acceptors (Lipinski definition) is 1. The molecule has 0 heterocycles. The van der Waals surface area contributed by atoms with Crippen LogP contribution >= 0.6 is 12.6 Å². The normalized spacial score (nSPS) is 57.8. The molecule has 4 aliphatic carbocycles. The zero-order chi connectivity index (χ0) is 17.0. The van der Waals surface area contributed by atoms with Crippen molar-refractivity contribution in [1.82, 2.24) is 0 Å². The van der Waals surface area contributed by atoms with Crippen molar-refractivity contribution in [3.05, 3.63) is 0 Å². The van der Waals surface area contributed by atoms with Crippen LogP contribution in [0.4, 0.5) is 0 Å². The van der Waals surface area contributed by atoms with Gasteiger partial charge in [-0.3, -0.25) is 0 Å². The Morgan fingerprint density at radius 3 is 2.22 bits per heavy atom. The molecular formula is C22H40S. The van der Waals surface area contributed by atoms with Gasteiger partial charge >= 0.3 is 0 Å². The maximum absolute atomic E-state index is 5.14. The van der Waals surface area contributed by atoms with E-state index in [0.29, 0.717) is 16.1 Å². The molecule has 0 aromatic carbocycles. The van der Waals surface area contributed by atoms with Crippen molar-refractivity contribution < 1.29 is 0 Å². The molecule has 0 amide bonds. The highest BCUT2D eigenvalue weighted by Gasteiger charge is 2.64. The largest absolute Gasteiger partial charge is 0.176 e. The average molecular weight is 337 g/mol. The second-order valence-electron chi connectivity index (χ2n) is 9.86. The van der Waals surface area contributed by atoms with Gasteiger partial charge in [-0.1, -0.05) is 48.0 Å². The maximum atomic E-state index is 5.14. The Morgan fingerprint density at radius 2 is 1.52 bits per heavy atom. The lowest BCUT2D eigenvalue weighted by molar-refractivity contribution is -0.0389. The number of fused-ring (bicyclic) bond motifs is 5. The van der Waals surface area contributed by atoms with E-state index >= 15 is 0 Å². The number of hydrogen-bond donors (Lipinski definition) is 1. The molecule has 0 radical (unpaired) electrons. The molecule has 0 aromatic heterocycles. The highest BCUT2D eigenvalue weighted by Crippen LogP contribution is 2.71. The van der Waals surface area contributed by atoms with E-state index in [-0.39, 0.29) is 0 Å². The van der Waals surface area contributed by atoms with Crippen LogP contribution < -0.4 is 0 Å². The van der Waals surface area contributed by atoms with Crippen LogP contribution in [0.15, 0.2) is 0 Å². The molecule has 0 aliphatic heterocycles. The first-order valence-corrected chi connectivity index (χ1v) is 11.1. The molecule has 0 bridgehead atoms. The maximum Gasteiger partial charge on any atom is 0.00533 e. The standard InChI is InChI=1S/C20H34S.C2H6/c1-12-7-8-19(3)16(9-12)18(21)10-14-15-6-5-13(2)20(15,4)11-17(14)19;1-2/h12-18,21H,5-11H2,1-4H3;1-2H3. The second-order valence-corrected chi connectivity index (χ2v) is 10.5. The van der Waals surface area contributed by atoms with Crippen molar-refractivity contribution in [2.75, 3.05) is 0 Å². The SMILES string of the molecule is CC.CC1CCC2(C)C(C1)C(S)CC1C3CCC(C)C3(C)CC12. The molecule has 4 fully saturated rings. The van der Waals surface area contributed by atoms with Crippen molar-refractivity contribution in [3.63, 3.8) is 0 Å². The molecule has 0 saturated heterocycles. The fraction of sp³-hybridized carbons (Fsp3) is 1.00. The van der Waals surface area contributed by atoms with Gasteiger partial charge < -0.3 is 0 Å². The van der Waals surface area contributed by atoms with Gasteiger partial charge in [0.25, 0.3) is 0 Å². The van der Waals surface area contributed by atoms with Crippen LogP contribution in [-0.2, 0) is 0 Å². The third kappa shape index (κ3) is 2.54. The zero-order valence-electron chi connectivity index (χ0n) is 16.4. The summed E-state index contributed by atoms with van der Waals surface area (Å²) in [6.45, 7) is 14.3. The lowest BCUT2D eigenvalue weighted by Gasteiger charge is -2.56. The summed E-state index contributed by atoms with van der Waals surface area (Å²) in [5, 5.41) is 0.678. The van der Waals surface area contributed by atoms with Crippen molar-refractivity contribution in [1.29, 1.82) is 0 Å². The van der Waals surface area contributed by atoms with Crippen LogP contribution in [0.3, 0.4) is 0 Å². The van der Waals surface area contributed by atoms with Crippen LogP contribution in [0.2, 0.25) is 0 Å². The Morgan fingerprint density at radius 1 is 0.826 bits per heavy atom. The minimum absolute atomic E-state index is 0.606. The monoisotopic (exact) mass is 336 g/mol. The third-order valence-electron chi connectivity index (χ3n) is 9.08. The molecule has 9 unspecified atom stereocenters. The van der Waals surface area contributed by atoms with Gasteiger partial charge in [-0.2, -0.15) is 12.6 Å². The van der Waals surface area contributed by atoms with Crippen molar-refractivity contribution in [2.24, 2.45) is 46.3 Å². The Labute approximate surface area is 151 Å². The minimum Gasteiger partial charge on any atom is -0.176 e. The van der Waals surface area contributed by atoms with E-state index in [9.17, 15) is 0 Å². The van der Waals surface area contributed by atoms with Gasteiger partial charge in [0.2, 0.25) is 0 Å². The van der Waals surface area contributed by atoms with E-state index < -0.39 is 0 Å². The first kappa shape index (κ1) is 18.2. The fourth-order valence-electron chi connectivity index (χ4n) is 7.53. The smallest absolute Gasteiger partial charge is 0.00533 e. The summed E-state index contributed by atoms with van der Waals surface area (Å²) >= 11 is 5.14. The molecular weight excluding hydrogens is 296 g/mol. The van der Waals surface area contributed by atoms with Gasteiger partial charge in [0.1, 0.15) is 0 Å². The first-order valence-electron chi connectivity index (χ1n) is 10.5. The van der Waals surface area contributed by atoms with E-state index in [1.54, 1.807) is 0 Å². The Balaban J connectivity index is 0.000000753. The molecule has 9 atom stereocenters. The predicted molar refractivity (Wildman–Crippen MR) is 105 cm³/mol. The predicted octanol–water partition coefficient (Wildman–Crippen LogP) is 6.85. The Kier molecular flexibility index (Phi) is 4.94. The van der Waals surface area contributed by atoms with E-state index in [1.807, 2.05) is 13.8 Å². The van der Waals surface area contributed by atoms with Gasteiger partial charge in [-0.05, 0) is 84.9 Å². The van der Waals surface area contributed by atoms with Gasteiger partial charge in [-0.15, -0.1) is 0 Å². The fourth-order valence-corrected chi connectivity index (χ4v) is 8.24. The topological polar surface area (TPSA) is 0 Å². The Hall–Kier alpha value is 0.350. The molecule has 0 spiro atoms. The number of thiol groups is 1. The summed E-state index contributed by atoms with van der Waals surface area (Å²) < 4.78 is 0. The van der Waals surface area contributed by atoms with Crippen LogP contribution in [-0.4, -0.2) is 5.25 Å². The second kappa shape index (κ2) is 6.26. The van der Waals surface area contributed by atoms with Crippen LogP contribution in [0.1, 0.15) is 86.5 Å². The zero-order valence-corrected chi connectivity index (χ0v) is 17.3. The highest BCUT2D eigenvalue weighted by molar-refractivity contribution is 7.81. The molecule has 23 heavy (non-hydrogen) atoms. The summed E-state index contributed by atoms with van der Waals surface area (Å²) in [7, 11) is 0. The summed E-state index contributed by atoms with van der Waals surface area (Å²) in [6, 6.07) is 0. The number of rotatable bonds is 0. The summed E-state index contributed by atoms with van der Waals surface area (Å²) in [6.07, 6.45) is 10.3. The minimum atomic E-state index is 0.606. The van der Waals surface area contributed by atoms with Gasteiger partial charge in [0.15, 0.2) is 0 Å². The van der Waals surface area contributed by atoms with Gasteiger partial charge in [0, 0.05) is 5.25 Å². The summed E-state index contributed by atoms with van der Waals surface area (Å²) in [5.41, 5.74) is 1.26. The summed E-state index contributed by atoms with van der Waals surface area (Å²) in [4.78, 5) is 0. The Bertz CT molecular complexity index is 432. The van der Waals surface area contributed by atoms with Crippen molar-refractivity contribution in [2.45, 2.75) is 91.7 Å². The van der Waals surface area contributed by atoms with Gasteiger partial charge in [-0.25, -0.2) is 0 Å². The summed E-state index contributed by atoms with van der Waals surface area (Å²) in [5.74, 6) is 5.81. The van der Waals surface area contributed by atoms with Crippen molar-refractivity contribution in [3.8, 4) is 0 Å². The molecule has 134 valence electrons. The molecule has 0 aromatic rings. The van der Waals surface area contributed by atoms with Gasteiger partial charge in [0.05, 0.1) is 0 Å². The van der Waals surface area contributed by atoms with E-state index in [2.05, 4.69) is 27.7 Å². The quantitative estimate of drug-likeness (QED) is 0.460. The van der Waals surface area contributed by atoms with E-state index in [0.717, 1.165) is 35.5 Å².